The molecule has 0 aliphatic heterocycles. The smallest absolute Gasteiger partial charge is 0.229 e. The van der Waals surface area contributed by atoms with Gasteiger partial charge in [-0.15, -0.1) is 0 Å². The summed E-state index contributed by atoms with van der Waals surface area (Å²) in [6.45, 7) is 3.54. The molecule has 0 unspecified atom stereocenters. The zero-order valence-corrected chi connectivity index (χ0v) is 13.0. The van der Waals surface area contributed by atoms with E-state index in [0.717, 1.165) is 43.9 Å². The summed E-state index contributed by atoms with van der Waals surface area (Å²) in [5.41, 5.74) is 5.47. The molecule has 2 aliphatic rings. The summed E-state index contributed by atoms with van der Waals surface area (Å²) in [6.07, 6.45) is 8.98. The summed E-state index contributed by atoms with van der Waals surface area (Å²) in [6, 6.07) is 0. The first-order valence-electron chi connectivity index (χ1n) is 8.45. The summed E-state index contributed by atoms with van der Waals surface area (Å²) < 4.78 is 11.6. The molecule has 118 valence electrons. The van der Waals surface area contributed by atoms with E-state index in [1.807, 2.05) is 6.92 Å². The van der Waals surface area contributed by atoms with Crippen LogP contribution in [-0.4, -0.2) is 23.3 Å². The Morgan fingerprint density at radius 3 is 2.57 bits per heavy atom. The van der Waals surface area contributed by atoms with Gasteiger partial charge in [-0.05, 0) is 70.8 Å². The van der Waals surface area contributed by atoms with E-state index in [0.29, 0.717) is 18.4 Å². The van der Waals surface area contributed by atoms with E-state index in [4.69, 9.17) is 20.0 Å². The van der Waals surface area contributed by atoms with Gasteiger partial charge in [0.05, 0.1) is 0 Å². The molecule has 1 heterocycles. The van der Waals surface area contributed by atoms with Crippen LogP contribution in [0.25, 0.3) is 0 Å². The van der Waals surface area contributed by atoms with Crippen molar-refractivity contribution in [3.05, 3.63) is 11.7 Å². The maximum absolute atomic E-state index is 6.01. The van der Waals surface area contributed by atoms with Crippen molar-refractivity contribution in [3.8, 4) is 0 Å². The van der Waals surface area contributed by atoms with Crippen molar-refractivity contribution in [2.45, 2.75) is 69.8 Å². The molecule has 2 N–H and O–H groups in total. The first-order chi connectivity index (χ1) is 10.3. The van der Waals surface area contributed by atoms with Gasteiger partial charge in [0.25, 0.3) is 0 Å². The number of rotatable bonds is 5. The van der Waals surface area contributed by atoms with Gasteiger partial charge in [-0.1, -0.05) is 5.16 Å². The lowest BCUT2D eigenvalue weighted by Crippen LogP contribution is -2.28. The number of nitrogens with zero attached hydrogens (tertiary/aromatic N) is 2. The normalized spacial score (nSPS) is 28.9. The maximum Gasteiger partial charge on any atom is 0.229 e. The topological polar surface area (TPSA) is 74.2 Å². The molecule has 1 aromatic heterocycles. The molecule has 0 amide bonds. The Bertz CT molecular complexity index is 446. The van der Waals surface area contributed by atoms with E-state index in [2.05, 4.69) is 5.16 Å². The fourth-order valence-electron chi connectivity index (χ4n) is 3.89. The number of hydrogen-bond donors (Lipinski definition) is 1. The summed E-state index contributed by atoms with van der Waals surface area (Å²) in [4.78, 5) is 4.72. The van der Waals surface area contributed by atoms with Gasteiger partial charge in [0.15, 0.2) is 0 Å². The summed E-state index contributed by atoms with van der Waals surface area (Å²) in [7, 11) is 0. The Labute approximate surface area is 126 Å². The molecule has 0 radical (unpaired) electrons. The molecule has 0 atom stereocenters. The predicted molar refractivity (Wildman–Crippen MR) is 79.8 cm³/mol. The quantitative estimate of drug-likeness (QED) is 0.903. The predicted octanol–water partition coefficient (Wildman–Crippen LogP) is 3.11. The van der Waals surface area contributed by atoms with Gasteiger partial charge in [-0.2, -0.15) is 4.98 Å². The molecule has 0 spiro atoms. The molecule has 21 heavy (non-hydrogen) atoms. The molecule has 0 aromatic carbocycles. The minimum Gasteiger partial charge on any atom is -0.367 e. The summed E-state index contributed by atoms with van der Waals surface area (Å²) in [5.74, 6) is 2.67. The summed E-state index contributed by atoms with van der Waals surface area (Å²) >= 11 is 0. The average molecular weight is 293 g/mol. The molecule has 2 saturated carbocycles. The number of ether oxygens (including phenoxy) is 1. The van der Waals surface area contributed by atoms with Crippen LogP contribution in [0.2, 0.25) is 0 Å². The van der Waals surface area contributed by atoms with Crippen LogP contribution in [0.5, 0.6) is 0 Å². The van der Waals surface area contributed by atoms with Gasteiger partial charge in [0, 0.05) is 12.5 Å². The van der Waals surface area contributed by atoms with Crippen LogP contribution in [0.15, 0.2) is 4.52 Å². The minimum atomic E-state index is -0.287. The molecule has 1 aromatic rings. The highest BCUT2D eigenvalue weighted by Gasteiger charge is 2.41. The van der Waals surface area contributed by atoms with Crippen LogP contribution < -0.4 is 5.73 Å². The van der Waals surface area contributed by atoms with E-state index >= 15 is 0 Å². The molecule has 2 aliphatic carbocycles. The zero-order chi connectivity index (χ0) is 14.7. The number of nitrogens with two attached hydrogens (primary N) is 1. The van der Waals surface area contributed by atoms with Crippen molar-refractivity contribution in [1.29, 1.82) is 0 Å². The second kappa shape index (κ2) is 6.44. The molecule has 0 saturated heterocycles. The minimum absolute atomic E-state index is 0.287. The summed E-state index contributed by atoms with van der Waals surface area (Å²) in [5, 5.41) is 4.27. The zero-order valence-electron chi connectivity index (χ0n) is 13.0. The first kappa shape index (κ1) is 15.0. The molecule has 0 bridgehead atoms. The molecular formula is C16H27N3O2. The van der Waals surface area contributed by atoms with Crippen molar-refractivity contribution in [2.24, 2.45) is 11.7 Å². The largest absolute Gasteiger partial charge is 0.367 e. The second-order valence-electron chi connectivity index (χ2n) is 6.54. The molecule has 3 rings (SSSR count). The van der Waals surface area contributed by atoms with Crippen molar-refractivity contribution < 1.29 is 9.26 Å². The van der Waals surface area contributed by atoms with Gasteiger partial charge in [0.2, 0.25) is 11.7 Å². The molecule has 2 fully saturated rings. The van der Waals surface area contributed by atoms with Crippen LogP contribution >= 0.6 is 0 Å². The standard InChI is InChI=1S/C16H27N3O2/c1-2-20-16(9-3-4-10-16)15-18-14(21-19-15)13-7-5-12(11-17)6-8-13/h12-13H,2-11,17H2,1H3. The Balaban J connectivity index is 1.71. The first-order valence-corrected chi connectivity index (χ1v) is 8.45. The van der Waals surface area contributed by atoms with Crippen LogP contribution in [0.1, 0.15) is 75.9 Å². The van der Waals surface area contributed by atoms with Crippen molar-refractivity contribution in [3.63, 3.8) is 0 Å². The number of hydrogen-bond acceptors (Lipinski definition) is 5. The second-order valence-corrected chi connectivity index (χ2v) is 6.54. The van der Waals surface area contributed by atoms with Gasteiger partial charge in [-0.25, -0.2) is 0 Å². The van der Waals surface area contributed by atoms with Gasteiger partial charge >= 0.3 is 0 Å². The fourth-order valence-corrected chi connectivity index (χ4v) is 3.89. The van der Waals surface area contributed by atoms with Crippen molar-refractivity contribution in [2.75, 3.05) is 13.2 Å². The van der Waals surface area contributed by atoms with E-state index in [-0.39, 0.29) is 5.60 Å². The molecule has 5 heteroatoms. The van der Waals surface area contributed by atoms with Crippen LogP contribution in [0.4, 0.5) is 0 Å². The third-order valence-corrected chi connectivity index (χ3v) is 5.21. The van der Waals surface area contributed by atoms with E-state index in [1.165, 1.54) is 25.7 Å². The average Bonchev–Trinajstić information content (AvgIpc) is 3.17. The Hall–Kier alpha value is -0.940. The Kier molecular flexibility index (Phi) is 4.60. The van der Waals surface area contributed by atoms with E-state index < -0.39 is 0 Å². The van der Waals surface area contributed by atoms with Gasteiger partial charge in [0.1, 0.15) is 5.60 Å². The molecular weight excluding hydrogens is 266 g/mol. The highest BCUT2D eigenvalue weighted by atomic mass is 16.5. The Morgan fingerprint density at radius 2 is 1.95 bits per heavy atom. The van der Waals surface area contributed by atoms with E-state index in [1.54, 1.807) is 0 Å². The third-order valence-electron chi connectivity index (χ3n) is 5.21. The van der Waals surface area contributed by atoms with Crippen LogP contribution in [-0.2, 0) is 10.3 Å². The number of aromatic nitrogens is 2. The lowest BCUT2D eigenvalue weighted by atomic mass is 9.82. The van der Waals surface area contributed by atoms with Crippen LogP contribution in [0, 0.1) is 5.92 Å². The monoisotopic (exact) mass is 293 g/mol. The van der Waals surface area contributed by atoms with Crippen LogP contribution in [0.3, 0.4) is 0 Å². The third kappa shape index (κ3) is 2.99. The van der Waals surface area contributed by atoms with Gasteiger partial charge < -0.3 is 15.0 Å². The lowest BCUT2D eigenvalue weighted by molar-refractivity contribution is -0.0469. The fraction of sp³-hybridized carbons (Fsp3) is 0.875. The Morgan fingerprint density at radius 1 is 1.24 bits per heavy atom. The molecule has 5 nitrogen and oxygen atoms in total. The van der Waals surface area contributed by atoms with Crippen molar-refractivity contribution >= 4 is 0 Å². The SMILES string of the molecule is CCOC1(c2noc(C3CCC(CN)CC3)n2)CCCC1. The van der Waals surface area contributed by atoms with Crippen molar-refractivity contribution in [1.82, 2.24) is 10.1 Å². The highest BCUT2D eigenvalue weighted by Crippen LogP contribution is 2.42. The highest BCUT2D eigenvalue weighted by molar-refractivity contribution is 5.06. The maximum atomic E-state index is 6.01. The van der Waals surface area contributed by atoms with E-state index in [9.17, 15) is 0 Å². The van der Waals surface area contributed by atoms with Gasteiger partial charge in [-0.3, -0.25) is 0 Å². The lowest BCUT2D eigenvalue weighted by Gasteiger charge is -2.26.